The van der Waals surface area contributed by atoms with Crippen LogP contribution in [0.15, 0.2) is 63.6 Å². The average Bonchev–Trinajstić information content (AvgIpc) is 3.41. The van der Waals surface area contributed by atoms with Crippen molar-refractivity contribution < 1.29 is 18.4 Å². The highest BCUT2D eigenvalue weighted by Crippen LogP contribution is 2.26. The lowest BCUT2D eigenvalue weighted by Crippen LogP contribution is -2.25. The summed E-state index contributed by atoms with van der Waals surface area (Å²) in [7, 11) is 0. The number of aromatic nitrogens is 2. The van der Waals surface area contributed by atoms with E-state index in [1.54, 1.807) is 6.26 Å². The molecule has 3 heterocycles. The van der Waals surface area contributed by atoms with Gasteiger partial charge >= 0.3 is 0 Å². The normalized spacial score (nSPS) is 16.5. The molecule has 2 amide bonds. The molecule has 144 valence electrons. The average molecular weight is 405 g/mol. The van der Waals surface area contributed by atoms with Gasteiger partial charge in [0.1, 0.15) is 11.8 Å². The molecule has 4 aromatic rings. The molecular formula is C21H15N3O4S. The first kappa shape index (κ1) is 17.7. The van der Waals surface area contributed by atoms with Crippen LogP contribution in [0, 0.1) is 0 Å². The van der Waals surface area contributed by atoms with E-state index in [2.05, 4.69) is 15.3 Å². The zero-order chi connectivity index (χ0) is 19.8. The number of oxazole rings is 2. The molecule has 7 nitrogen and oxygen atoms in total. The number of hydrogen-bond acceptors (Lipinski definition) is 7. The summed E-state index contributed by atoms with van der Waals surface area (Å²) in [6, 6.07) is 15.3. The molecule has 8 heteroatoms. The van der Waals surface area contributed by atoms with Crippen molar-refractivity contribution in [2.75, 3.05) is 0 Å². The van der Waals surface area contributed by atoms with Gasteiger partial charge in [-0.1, -0.05) is 36.0 Å². The molecule has 1 atom stereocenters. The fraction of sp³-hybridized carbons (Fsp3) is 0.143. The molecule has 5 rings (SSSR count). The molecule has 1 aliphatic rings. The minimum atomic E-state index is -0.405. The largest absolute Gasteiger partial charge is 0.444 e. The standard InChI is InChI=1S/C21H15N3O4S/c25-19-17(29-21(26)24-19)9-12-6-7-16-15(8-12)23-18(28-16)10-14-11-27-20(22-14)13-4-2-1-3-5-13/h1-8,11,17H,9-10H2,(H,24,25,26). The van der Waals surface area contributed by atoms with Gasteiger partial charge in [0.25, 0.3) is 5.24 Å². The van der Waals surface area contributed by atoms with Gasteiger partial charge in [-0.15, -0.1) is 0 Å². The summed E-state index contributed by atoms with van der Waals surface area (Å²) in [5.41, 5.74) is 3.93. The topological polar surface area (TPSA) is 98.2 Å². The Labute approximate surface area is 169 Å². The minimum absolute atomic E-state index is 0.249. The first-order chi connectivity index (χ1) is 14.1. The van der Waals surface area contributed by atoms with Crippen molar-refractivity contribution in [1.82, 2.24) is 15.3 Å². The van der Waals surface area contributed by atoms with Gasteiger partial charge in [-0.25, -0.2) is 9.97 Å². The monoisotopic (exact) mass is 405 g/mol. The van der Waals surface area contributed by atoms with Crippen molar-refractivity contribution in [2.24, 2.45) is 0 Å². The van der Waals surface area contributed by atoms with Crippen LogP contribution in [0.4, 0.5) is 4.79 Å². The maximum absolute atomic E-state index is 11.8. The van der Waals surface area contributed by atoms with E-state index in [1.165, 1.54) is 0 Å². The minimum Gasteiger partial charge on any atom is -0.444 e. The highest BCUT2D eigenvalue weighted by atomic mass is 32.2. The fourth-order valence-electron chi connectivity index (χ4n) is 3.22. The lowest BCUT2D eigenvalue weighted by molar-refractivity contribution is -0.118. The number of imide groups is 1. The number of amides is 2. The number of rotatable bonds is 5. The molecule has 1 fully saturated rings. The second kappa shape index (κ2) is 7.21. The molecule has 1 saturated heterocycles. The van der Waals surface area contributed by atoms with Gasteiger partial charge in [0.15, 0.2) is 5.58 Å². The predicted molar refractivity (Wildman–Crippen MR) is 107 cm³/mol. The summed E-state index contributed by atoms with van der Waals surface area (Å²) in [5.74, 6) is 0.843. The summed E-state index contributed by atoms with van der Waals surface area (Å²) in [5, 5.41) is 1.60. The highest BCUT2D eigenvalue weighted by molar-refractivity contribution is 8.15. The van der Waals surface area contributed by atoms with Crippen molar-refractivity contribution >= 4 is 34.0 Å². The van der Waals surface area contributed by atoms with Crippen LogP contribution >= 0.6 is 11.8 Å². The predicted octanol–water partition coefficient (Wildman–Crippen LogP) is 3.97. The van der Waals surface area contributed by atoms with Gasteiger partial charge in [0.2, 0.25) is 17.7 Å². The van der Waals surface area contributed by atoms with E-state index in [9.17, 15) is 9.59 Å². The zero-order valence-electron chi connectivity index (χ0n) is 15.1. The second-order valence-electron chi connectivity index (χ2n) is 6.68. The quantitative estimate of drug-likeness (QED) is 0.536. The number of thioether (sulfide) groups is 1. The Morgan fingerprint density at radius 3 is 2.72 bits per heavy atom. The maximum atomic E-state index is 11.8. The summed E-state index contributed by atoms with van der Waals surface area (Å²) < 4.78 is 11.4. The van der Waals surface area contributed by atoms with E-state index in [-0.39, 0.29) is 11.1 Å². The van der Waals surface area contributed by atoms with E-state index < -0.39 is 5.25 Å². The molecule has 0 radical (unpaired) electrons. The molecule has 1 unspecified atom stereocenters. The third-order valence-corrected chi connectivity index (χ3v) is 5.57. The number of carbonyl (C=O) groups excluding carboxylic acids is 2. The van der Waals surface area contributed by atoms with Crippen molar-refractivity contribution in [3.8, 4) is 11.5 Å². The summed E-state index contributed by atoms with van der Waals surface area (Å²) >= 11 is 1.02. The van der Waals surface area contributed by atoms with Crippen molar-refractivity contribution in [2.45, 2.75) is 18.1 Å². The van der Waals surface area contributed by atoms with E-state index in [0.29, 0.717) is 35.7 Å². The maximum Gasteiger partial charge on any atom is 0.286 e. The van der Waals surface area contributed by atoms with Crippen molar-refractivity contribution in [3.05, 3.63) is 71.9 Å². The molecule has 1 aliphatic heterocycles. The molecule has 0 spiro atoms. The van der Waals surface area contributed by atoms with Crippen LogP contribution in [0.3, 0.4) is 0 Å². The fourth-order valence-corrected chi connectivity index (χ4v) is 4.08. The smallest absolute Gasteiger partial charge is 0.286 e. The Bertz CT molecular complexity index is 1220. The van der Waals surface area contributed by atoms with Crippen LogP contribution in [0.1, 0.15) is 17.1 Å². The highest BCUT2D eigenvalue weighted by Gasteiger charge is 2.31. The van der Waals surface area contributed by atoms with Gasteiger partial charge in [0.05, 0.1) is 17.4 Å². The Hall–Kier alpha value is -3.39. The van der Waals surface area contributed by atoms with Gasteiger partial charge in [-0.3, -0.25) is 14.9 Å². The Morgan fingerprint density at radius 2 is 1.93 bits per heavy atom. The van der Waals surface area contributed by atoms with Crippen LogP contribution in [0.5, 0.6) is 0 Å². The molecule has 29 heavy (non-hydrogen) atoms. The van der Waals surface area contributed by atoms with Crippen LogP contribution in [0.25, 0.3) is 22.6 Å². The summed E-state index contributed by atoms with van der Waals surface area (Å²) in [6.07, 6.45) is 2.48. The van der Waals surface area contributed by atoms with Crippen LogP contribution < -0.4 is 5.32 Å². The van der Waals surface area contributed by atoms with E-state index in [0.717, 1.165) is 28.6 Å². The van der Waals surface area contributed by atoms with Gasteiger partial charge in [-0.2, -0.15) is 0 Å². The van der Waals surface area contributed by atoms with Gasteiger partial charge in [-0.05, 0) is 36.2 Å². The van der Waals surface area contributed by atoms with Crippen molar-refractivity contribution in [3.63, 3.8) is 0 Å². The molecule has 2 aromatic heterocycles. The van der Waals surface area contributed by atoms with Gasteiger partial charge in [0, 0.05) is 5.56 Å². The molecule has 1 N–H and O–H groups in total. The number of benzene rings is 2. The Kier molecular flexibility index (Phi) is 4.40. The Morgan fingerprint density at radius 1 is 1.07 bits per heavy atom. The number of nitrogens with zero attached hydrogens (tertiary/aromatic N) is 2. The number of nitrogens with one attached hydrogen (secondary N) is 1. The number of fused-ring (bicyclic) bond motifs is 1. The molecular weight excluding hydrogens is 390 g/mol. The van der Waals surface area contributed by atoms with E-state index in [1.807, 2.05) is 48.5 Å². The van der Waals surface area contributed by atoms with Crippen LogP contribution in [-0.2, 0) is 17.6 Å². The lowest BCUT2D eigenvalue weighted by Gasteiger charge is -2.04. The number of hydrogen-bond donors (Lipinski definition) is 1. The molecule has 2 aromatic carbocycles. The first-order valence-electron chi connectivity index (χ1n) is 9.04. The van der Waals surface area contributed by atoms with E-state index >= 15 is 0 Å². The van der Waals surface area contributed by atoms with Crippen molar-refractivity contribution in [1.29, 1.82) is 0 Å². The van der Waals surface area contributed by atoms with E-state index in [4.69, 9.17) is 8.83 Å². The first-order valence-corrected chi connectivity index (χ1v) is 9.92. The molecule has 0 bridgehead atoms. The Balaban J connectivity index is 1.33. The SMILES string of the molecule is O=C1NC(=O)C(Cc2ccc3oc(Cc4coc(-c5ccccc5)n4)nc3c2)S1. The third kappa shape index (κ3) is 3.66. The molecule has 0 saturated carbocycles. The van der Waals surface area contributed by atoms with Crippen LogP contribution in [0.2, 0.25) is 0 Å². The third-order valence-electron chi connectivity index (χ3n) is 4.59. The summed E-state index contributed by atoms with van der Waals surface area (Å²) in [4.78, 5) is 32.1. The van der Waals surface area contributed by atoms with Gasteiger partial charge < -0.3 is 8.83 Å². The number of carbonyl (C=O) groups is 2. The summed E-state index contributed by atoms with van der Waals surface area (Å²) in [6.45, 7) is 0. The second-order valence-corrected chi connectivity index (χ2v) is 7.86. The molecule has 0 aliphatic carbocycles. The zero-order valence-corrected chi connectivity index (χ0v) is 15.9. The van der Waals surface area contributed by atoms with Crippen LogP contribution in [-0.4, -0.2) is 26.4 Å². The lowest BCUT2D eigenvalue weighted by atomic mass is 10.1.